The zero-order valence-corrected chi connectivity index (χ0v) is 18.3. The van der Waals surface area contributed by atoms with Gasteiger partial charge < -0.3 is 4.90 Å². The molecule has 0 aliphatic carbocycles. The molecule has 0 bridgehead atoms. The van der Waals surface area contributed by atoms with Crippen LogP contribution in [0.4, 0.5) is 11.4 Å². The third kappa shape index (κ3) is 4.91. The first-order chi connectivity index (χ1) is 13.7. The van der Waals surface area contributed by atoms with Gasteiger partial charge in [-0.15, -0.1) is 0 Å². The third-order valence-corrected chi connectivity index (χ3v) is 8.22. The fourth-order valence-electron chi connectivity index (χ4n) is 3.35. The van der Waals surface area contributed by atoms with Crippen molar-refractivity contribution in [3.05, 3.63) is 48.5 Å². The summed E-state index contributed by atoms with van der Waals surface area (Å²) in [5, 5.41) is 0. The van der Waals surface area contributed by atoms with E-state index in [2.05, 4.69) is 9.62 Å². The van der Waals surface area contributed by atoms with Gasteiger partial charge in [0.05, 0.1) is 21.2 Å². The van der Waals surface area contributed by atoms with Crippen LogP contribution in [0.5, 0.6) is 0 Å². The first-order valence-corrected chi connectivity index (χ1v) is 12.5. The minimum atomic E-state index is -3.85. The molecule has 1 saturated heterocycles. The van der Waals surface area contributed by atoms with Crippen LogP contribution in [0.25, 0.3) is 0 Å². The van der Waals surface area contributed by atoms with E-state index in [-0.39, 0.29) is 11.2 Å². The fourth-order valence-corrected chi connectivity index (χ4v) is 5.33. The summed E-state index contributed by atoms with van der Waals surface area (Å²) >= 11 is 0. The molecule has 2 aromatic carbocycles. The molecule has 9 heteroatoms. The van der Waals surface area contributed by atoms with Crippen molar-refractivity contribution in [2.24, 2.45) is 0 Å². The molecule has 0 amide bonds. The number of benzene rings is 2. The zero-order chi connectivity index (χ0) is 21.1. The van der Waals surface area contributed by atoms with Gasteiger partial charge in [-0.2, -0.15) is 0 Å². The van der Waals surface area contributed by atoms with Gasteiger partial charge in [0.25, 0.3) is 10.0 Å². The summed E-state index contributed by atoms with van der Waals surface area (Å²) < 4.78 is 54.0. The summed E-state index contributed by atoms with van der Waals surface area (Å²) in [5.74, 6) is 0. The maximum atomic E-state index is 12.9. The summed E-state index contributed by atoms with van der Waals surface area (Å²) in [7, 11) is -4.60. The van der Waals surface area contributed by atoms with Crippen LogP contribution in [-0.2, 0) is 20.0 Å². The monoisotopic (exact) mass is 439 g/mol. The van der Waals surface area contributed by atoms with Gasteiger partial charge in [-0.25, -0.2) is 21.1 Å². The molecule has 1 fully saturated rings. The Morgan fingerprint density at radius 3 is 1.97 bits per heavy atom. The van der Waals surface area contributed by atoms with Crippen molar-refractivity contribution >= 4 is 31.4 Å². The molecule has 0 spiro atoms. The van der Waals surface area contributed by atoms with Crippen LogP contribution in [0, 0.1) is 0 Å². The van der Waals surface area contributed by atoms with Gasteiger partial charge in [-0.05, 0) is 49.2 Å². The topological polar surface area (TPSA) is 86.8 Å². The predicted octanol–water partition coefficient (Wildman–Crippen LogP) is 3.36. The van der Waals surface area contributed by atoms with Crippen LogP contribution in [0.3, 0.4) is 0 Å². The second-order valence-corrected chi connectivity index (χ2v) is 11.1. The number of nitrogens with zero attached hydrogens (tertiary/aromatic N) is 2. The van der Waals surface area contributed by atoms with Crippen LogP contribution < -0.4 is 9.62 Å². The number of hydrogen-bond donors (Lipinski definition) is 1. The van der Waals surface area contributed by atoms with Gasteiger partial charge in [0, 0.05) is 28.6 Å². The van der Waals surface area contributed by atoms with E-state index < -0.39 is 20.0 Å². The molecule has 0 aromatic heterocycles. The SMILES string of the molecule is CN(C)S(=O)(=O)c1ccc(S(=O)(=O)Nc2ccccc2N2CCCCCC2)cc1.[HH]. The highest BCUT2D eigenvalue weighted by atomic mass is 32.2. The second-order valence-electron chi connectivity index (χ2n) is 7.28. The van der Waals surface area contributed by atoms with Gasteiger partial charge >= 0.3 is 0 Å². The average Bonchev–Trinajstić information content (AvgIpc) is 2.97. The Balaban J connectivity index is 0.00000320. The van der Waals surface area contributed by atoms with Crippen molar-refractivity contribution in [1.29, 1.82) is 0 Å². The van der Waals surface area contributed by atoms with Crippen molar-refractivity contribution in [2.75, 3.05) is 36.8 Å². The molecule has 7 nitrogen and oxygen atoms in total. The summed E-state index contributed by atoms with van der Waals surface area (Å²) in [5.41, 5.74) is 1.39. The lowest BCUT2D eigenvalue weighted by atomic mass is 10.2. The van der Waals surface area contributed by atoms with E-state index >= 15 is 0 Å². The Labute approximate surface area is 174 Å². The standard InChI is InChI=1S/C20H27N3O4S2.H2/c1-22(2)29(26,27)18-13-11-17(12-14-18)28(24,25)21-19-9-5-6-10-20(19)23-15-7-3-4-8-16-23;/h5-6,9-14,21H,3-4,7-8,15-16H2,1-2H3;1H. The van der Waals surface area contributed by atoms with Crippen molar-refractivity contribution < 1.29 is 18.3 Å². The minimum Gasteiger partial charge on any atom is -0.370 e. The van der Waals surface area contributed by atoms with Crippen LogP contribution in [0.1, 0.15) is 27.1 Å². The maximum absolute atomic E-state index is 12.9. The fraction of sp³-hybridized carbons (Fsp3) is 0.400. The zero-order valence-electron chi connectivity index (χ0n) is 16.7. The van der Waals surface area contributed by atoms with Crippen molar-refractivity contribution in [1.82, 2.24) is 4.31 Å². The lowest BCUT2D eigenvalue weighted by Crippen LogP contribution is -2.25. The van der Waals surface area contributed by atoms with Crippen LogP contribution in [-0.4, -0.2) is 48.3 Å². The Bertz CT molecular complexity index is 1050. The largest absolute Gasteiger partial charge is 0.370 e. The lowest BCUT2D eigenvalue weighted by Gasteiger charge is -2.25. The number of nitrogens with one attached hydrogen (secondary N) is 1. The van der Waals surface area contributed by atoms with E-state index in [0.29, 0.717) is 5.69 Å². The first kappa shape index (κ1) is 21.6. The van der Waals surface area contributed by atoms with Gasteiger partial charge in [-0.1, -0.05) is 25.0 Å². The van der Waals surface area contributed by atoms with Crippen LogP contribution in [0.15, 0.2) is 58.3 Å². The molecule has 0 atom stereocenters. The summed E-state index contributed by atoms with van der Waals surface area (Å²) in [6, 6.07) is 12.6. The molecule has 0 unspecified atom stereocenters. The normalized spacial score (nSPS) is 15.9. The predicted molar refractivity (Wildman–Crippen MR) is 117 cm³/mol. The highest BCUT2D eigenvalue weighted by Gasteiger charge is 2.21. The second kappa shape index (κ2) is 8.73. The third-order valence-electron chi connectivity index (χ3n) is 5.01. The molecule has 0 radical (unpaired) electrons. The van der Waals surface area contributed by atoms with E-state index in [1.165, 1.54) is 51.2 Å². The Hall–Kier alpha value is -2.10. The molecule has 3 rings (SSSR count). The minimum absolute atomic E-state index is 0. The Kier molecular flexibility index (Phi) is 6.50. The summed E-state index contributed by atoms with van der Waals surface area (Å²) in [4.78, 5) is 2.28. The molecule has 160 valence electrons. The van der Waals surface area contributed by atoms with E-state index in [0.717, 1.165) is 35.9 Å². The number of anilines is 2. The van der Waals surface area contributed by atoms with E-state index in [9.17, 15) is 16.8 Å². The van der Waals surface area contributed by atoms with Crippen molar-refractivity contribution in [3.63, 3.8) is 0 Å². The number of para-hydroxylation sites is 2. The Morgan fingerprint density at radius 2 is 1.38 bits per heavy atom. The highest BCUT2D eigenvalue weighted by molar-refractivity contribution is 7.92. The lowest BCUT2D eigenvalue weighted by molar-refractivity contribution is 0.520. The van der Waals surface area contributed by atoms with Gasteiger partial charge in [-0.3, -0.25) is 4.72 Å². The summed E-state index contributed by atoms with van der Waals surface area (Å²) in [6.45, 7) is 1.80. The first-order valence-electron chi connectivity index (χ1n) is 9.61. The quantitative estimate of drug-likeness (QED) is 0.746. The molecule has 1 aliphatic heterocycles. The smallest absolute Gasteiger partial charge is 0.261 e. The van der Waals surface area contributed by atoms with E-state index in [1.54, 1.807) is 12.1 Å². The molecular weight excluding hydrogens is 410 g/mol. The maximum Gasteiger partial charge on any atom is 0.261 e. The van der Waals surface area contributed by atoms with Crippen molar-refractivity contribution in [3.8, 4) is 0 Å². The molecule has 0 saturated carbocycles. The van der Waals surface area contributed by atoms with E-state index in [4.69, 9.17) is 0 Å². The number of sulfonamides is 2. The molecule has 1 aliphatic rings. The van der Waals surface area contributed by atoms with Crippen molar-refractivity contribution in [2.45, 2.75) is 35.5 Å². The molecule has 2 aromatic rings. The molecule has 1 N–H and O–H groups in total. The number of hydrogen-bond acceptors (Lipinski definition) is 5. The molecular formula is C20H29N3O4S2. The van der Waals surface area contributed by atoms with Crippen LogP contribution in [0.2, 0.25) is 0 Å². The van der Waals surface area contributed by atoms with Gasteiger partial charge in [0.1, 0.15) is 0 Å². The average molecular weight is 440 g/mol. The number of rotatable bonds is 6. The summed E-state index contributed by atoms with van der Waals surface area (Å²) in [6.07, 6.45) is 4.55. The Morgan fingerprint density at radius 1 is 0.828 bits per heavy atom. The van der Waals surface area contributed by atoms with Crippen LogP contribution >= 0.6 is 0 Å². The molecule has 1 heterocycles. The highest BCUT2D eigenvalue weighted by Crippen LogP contribution is 2.30. The molecule has 29 heavy (non-hydrogen) atoms. The van der Waals surface area contributed by atoms with Gasteiger partial charge in [0.15, 0.2) is 0 Å². The van der Waals surface area contributed by atoms with Gasteiger partial charge in [0.2, 0.25) is 10.0 Å². The van der Waals surface area contributed by atoms with E-state index in [1.807, 2.05) is 12.1 Å².